The number of hydrogen-bond acceptors (Lipinski definition) is 7. The molecule has 2 aromatic rings. The van der Waals surface area contributed by atoms with Crippen LogP contribution in [0.1, 0.15) is 80.8 Å². The molecule has 0 unspecified atom stereocenters. The van der Waals surface area contributed by atoms with Crippen LogP contribution in [0.3, 0.4) is 0 Å². The smallest absolute Gasteiger partial charge is 0.264 e. The van der Waals surface area contributed by atoms with Crippen LogP contribution in [-0.4, -0.2) is 76.4 Å². The number of aryl methyl sites for hydroxylation is 1. The highest BCUT2D eigenvalue weighted by atomic mass is 35.5. The van der Waals surface area contributed by atoms with Crippen LogP contribution in [0.25, 0.3) is 0 Å². The van der Waals surface area contributed by atoms with E-state index >= 15 is 0 Å². The van der Waals surface area contributed by atoms with Gasteiger partial charge in [0.25, 0.3) is 11.8 Å². The minimum absolute atomic E-state index is 0.0631. The van der Waals surface area contributed by atoms with E-state index in [0.29, 0.717) is 38.3 Å². The normalized spacial score (nSPS) is 30.8. The topological polar surface area (TPSA) is 105 Å². The molecule has 49 heavy (non-hydrogen) atoms. The summed E-state index contributed by atoms with van der Waals surface area (Å²) < 4.78 is 42.5. The van der Waals surface area contributed by atoms with E-state index in [1.807, 2.05) is 32.1 Å². The van der Waals surface area contributed by atoms with Crippen molar-refractivity contribution >= 4 is 39.1 Å². The van der Waals surface area contributed by atoms with Crippen LogP contribution in [0.15, 0.2) is 48.6 Å². The number of likely N-dealkylation sites (N-methyl/N-ethyl adjacent to an activating group) is 1. The van der Waals surface area contributed by atoms with Crippen molar-refractivity contribution in [2.75, 3.05) is 38.7 Å². The third kappa shape index (κ3) is 7.24. The molecule has 2 aromatic carbocycles. The van der Waals surface area contributed by atoms with Gasteiger partial charge >= 0.3 is 0 Å². The molecule has 6 rings (SSSR count). The summed E-state index contributed by atoms with van der Waals surface area (Å²) >= 11 is 6.45. The number of halogens is 1. The average molecular weight is 712 g/mol. The monoisotopic (exact) mass is 711 g/mol. The molecule has 2 heterocycles. The van der Waals surface area contributed by atoms with Crippen LogP contribution in [0, 0.1) is 17.8 Å². The summed E-state index contributed by atoms with van der Waals surface area (Å²) in [5.41, 5.74) is 3.25. The van der Waals surface area contributed by atoms with Gasteiger partial charge in [0.2, 0.25) is 10.0 Å². The van der Waals surface area contributed by atoms with Crippen LogP contribution >= 0.6 is 11.6 Å². The first kappa shape index (κ1) is 35.7. The van der Waals surface area contributed by atoms with Crippen molar-refractivity contribution in [3.63, 3.8) is 0 Å². The maximum atomic E-state index is 13.5. The summed E-state index contributed by atoms with van der Waals surface area (Å²) in [6, 6.07) is 11.4. The molecule has 7 atom stereocenters. The van der Waals surface area contributed by atoms with Crippen LogP contribution in [-0.2, 0) is 31.4 Å². The lowest BCUT2D eigenvalue weighted by Crippen LogP contribution is -2.50. The summed E-state index contributed by atoms with van der Waals surface area (Å²) in [5, 5.41) is -0.0913. The number of benzene rings is 2. The van der Waals surface area contributed by atoms with Crippen LogP contribution in [0.2, 0.25) is 5.02 Å². The van der Waals surface area contributed by atoms with Crippen molar-refractivity contribution < 1.29 is 27.5 Å². The molecule has 1 spiro atoms. The summed E-state index contributed by atoms with van der Waals surface area (Å²) in [6.45, 7) is 7.33. The van der Waals surface area contributed by atoms with Gasteiger partial charge in [-0.1, -0.05) is 43.7 Å². The highest BCUT2D eigenvalue weighted by Gasteiger charge is 2.45. The molecular weight excluding hydrogens is 662 g/mol. The molecule has 1 N–H and O–H groups in total. The van der Waals surface area contributed by atoms with Gasteiger partial charge in [-0.2, -0.15) is 0 Å². The Hall–Kier alpha value is -3.08. The predicted molar refractivity (Wildman–Crippen MR) is 193 cm³/mol. The van der Waals surface area contributed by atoms with Gasteiger partial charge < -0.3 is 19.3 Å². The molecular formula is C38H50ClN3O6S. The Labute approximate surface area is 296 Å². The summed E-state index contributed by atoms with van der Waals surface area (Å²) in [6.07, 6.45) is 9.07. The predicted octanol–water partition coefficient (Wildman–Crippen LogP) is 6.14. The average Bonchev–Trinajstić information content (AvgIpc) is 3.20. The van der Waals surface area contributed by atoms with Gasteiger partial charge in [-0.05, 0) is 111 Å². The number of ether oxygens (including phenoxy) is 2. The zero-order chi connectivity index (χ0) is 35.1. The molecule has 4 aliphatic rings. The molecule has 2 bridgehead atoms. The van der Waals surface area contributed by atoms with E-state index in [0.717, 1.165) is 42.8 Å². The lowest BCUT2D eigenvalue weighted by Gasteiger charge is -2.46. The summed E-state index contributed by atoms with van der Waals surface area (Å²) in [4.78, 5) is 30.6. The van der Waals surface area contributed by atoms with Crippen LogP contribution in [0.5, 0.6) is 5.75 Å². The highest BCUT2D eigenvalue weighted by Crippen LogP contribution is 2.47. The van der Waals surface area contributed by atoms with Crippen LogP contribution < -0.4 is 14.4 Å². The number of nitrogens with zero attached hydrogens (tertiary/aromatic N) is 2. The van der Waals surface area contributed by atoms with E-state index in [-0.39, 0.29) is 40.7 Å². The maximum Gasteiger partial charge on any atom is 0.264 e. The van der Waals surface area contributed by atoms with Gasteiger partial charge in [0, 0.05) is 43.2 Å². The zero-order valence-corrected chi connectivity index (χ0v) is 30.9. The number of sulfonamides is 1. The number of carbonyl (C=O) groups excluding carboxylic acids is 2. The number of allylic oxidation sites excluding steroid dienone is 1. The quantitative estimate of drug-likeness (QED) is 0.381. The number of rotatable bonds is 4. The van der Waals surface area contributed by atoms with E-state index in [1.165, 1.54) is 11.1 Å². The Kier molecular flexibility index (Phi) is 10.4. The van der Waals surface area contributed by atoms with E-state index in [9.17, 15) is 18.0 Å². The fourth-order valence-corrected chi connectivity index (χ4v) is 9.57. The molecule has 1 saturated carbocycles. The van der Waals surface area contributed by atoms with E-state index in [2.05, 4.69) is 21.8 Å². The Morgan fingerprint density at radius 1 is 1.18 bits per heavy atom. The summed E-state index contributed by atoms with van der Waals surface area (Å²) in [5.74, 6) is 0.126. The Balaban J connectivity index is 1.42. The van der Waals surface area contributed by atoms with Crippen LogP contribution in [0.4, 0.5) is 5.69 Å². The first-order valence-corrected chi connectivity index (χ1v) is 19.6. The minimum atomic E-state index is -3.97. The van der Waals surface area contributed by atoms with E-state index < -0.39 is 27.3 Å². The summed E-state index contributed by atoms with van der Waals surface area (Å²) in [7, 11) is -0.477. The lowest BCUT2D eigenvalue weighted by atomic mass is 9.68. The molecule has 0 aromatic heterocycles. The van der Waals surface area contributed by atoms with Crippen molar-refractivity contribution in [2.24, 2.45) is 17.8 Å². The Bertz CT molecular complexity index is 1710. The van der Waals surface area contributed by atoms with Crippen molar-refractivity contribution in [3.05, 3.63) is 70.3 Å². The van der Waals surface area contributed by atoms with E-state index in [1.54, 1.807) is 44.1 Å². The molecule has 0 saturated heterocycles. The Morgan fingerprint density at radius 3 is 2.69 bits per heavy atom. The fraction of sp³-hybridized carbons (Fsp3) is 0.579. The lowest BCUT2D eigenvalue weighted by molar-refractivity contribution is -0.148. The molecule has 2 aliphatic carbocycles. The van der Waals surface area contributed by atoms with Gasteiger partial charge in [-0.3, -0.25) is 9.59 Å². The molecule has 2 aliphatic heterocycles. The molecule has 9 nitrogen and oxygen atoms in total. The molecule has 0 radical (unpaired) electrons. The van der Waals surface area contributed by atoms with Crippen molar-refractivity contribution in [3.8, 4) is 5.75 Å². The van der Waals surface area contributed by atoms with Gasteiger partial charge in [0.1, 0.15) is 11.9 Å². The molecule has 1 fully saturated rings. The van der Waals surface area contributed by atoms with E-state index in [4.69, 9.17) is 21.1 Å². The Morgan fingerprint density at radius 2 is 1.98 bits per heavy atom. The van der Waals surface area contributed by atoms with Crippen molar-refractivity contribution in [1.29, 1.82) is 0 Å². The first-order chi connectivity index (χ1) is 23.3. The molecule has 266 valence electrons. The standard InChI is InChI=1S/C38H50ClN3O6S/c1-6-33(37(44)41(4)5)48-34-11-7-9-24(2)25(3)49(45,46)40-36(43)27-13-17-35-32(20-27)42(21-28-12-15-30(28)34)22-38(23-47-35)18-8-10-26-19-29(39)14-16-31(26)38/h7,11,13-14,16-17,19-20,24-25,28,30,33-34H,6,8-10,12,15,18,21-23H2,1-5H3,(H,40,43)/b11-7-/t24-,25+,28-,30+,33+,34-,38-/m0/s1. The second kappa shape index (κ2) is 14.3. The second-order valence-corrected chi connectivity index (χ2v) is 17.3. The van der Waals surface area contributed by atoms with Crippen molar-refractivity contribution in [2.45, 2.75) is 88.6 Å². The number of amides is 2. The number of fused-ring (bicyclic) bond motifs is 4. The van der Waals surface area contributed by atoms with Crippen molar-refractivity contribution in [1.82, 2.24) is 9.62 Å². The fourth-order valence-electron chi connectivity index (χ4n) is 8.09. The number of carbonyl (C=O) groups is 2. The van der Waals surface area contributed by atoms with Gasteiger partial charge in [0.05, 0.1) is 23.6 Å². The highest BCUT2D eigenvalue weighted by molar-refractivity contribution is 7.90. The maximum absolute atomic E-state index is 13.5. The van der Waals surface area contributed by atoms with Gasteiger partial charge in [0.15, 0.2) is 0 Å². The molecule has 2 amide bonds. The number of hydrogen-bond donors (Lipinski definition) is 1. The largest absolute Gasteiger partial charge is 0.490 e. The second-order valence-electron chi connectivity index (χ2n) is 14.8. The molecule has 11 heteroatoms. The first-order valence-electron chi connectivity index (χ1n) is 17.7. The third-order valence-electron chi connectivity index (χ3n) is 11.4. The minimum Gasteiger partial charge on any atom is -0.490 e. The third-order valence-corrected chi connectivity index (χ3v) is 13.6. The number of nitrogens with one attached hydrogen (secondary N) is 1. The van der Waals surface area contributed by atoms with Gasteiger partial charge in [-0.25, -0.2) is 13.1 Å². The zero-order valence-electron chi connectivity index (χ0n) is 29.3. The SMILES string of the molecule is CC[C@@H](O[C@H]1/C=C\C[C@H](C)[C@@H](C)S(=O)(=O)NC(=O)c2ccc3c(c2)N(C[C@@H]2CC[C@H]21)C[C@@]1(CCCc2cc(Cl)ccc21)CO3)C(=O)N(C)C. The van der Waals surface area contributed by atoms with Gasteiger partial charge in [-0.15, -0.1) is 0 Å². The number of anilines is 1.